The number of hydrogen-bond donors (Lipinski definition) is 2. The summed E-state index contributed by atoms with van der Waals surface area (Å²) >= 11 is 0. The Labute approximate surface area is 130 Å². The van der Waals surface area contributed by atoms with E-state index in [0.29, 0.717) is 11.3 Å². The summed E-state index contributed by atoms with van der Waals surface area (Å²) in [5.74, 6) is -0.179. The number of ether oxygens (including phenoxy) is 1. The molecule has 3 aromatic rings. The van der Waals surface area contributed by atoms with Gasteiger partial charge in [0.05, 0.1) is 5.39 Å². The van der Waals surface area contributed by atoms with E-state index in [1.54, 1.807) is 12.1 Å². The summed E-state index contributed by atoms with van der Waals surface area (Å²) < 4.78 is 10.7. The molecule has 2 aromatic carbocycles. The number of hydrogen-bond acceptors (Lipinski definition) is 5. The van der Waals surface area contributed by atoms with Gasteiger partial charge in [-0.25, -0.2) is 4.79 Å². The van der Waals surface area contributed by atoms with Crippen LogP contribution in [0.5, 0.6) is 11.5 Å². The van der Waals surface area contributed by atoms with E-state index < -0.39 is 6.09 Å². The van der Waals surface area contributed by atoms with Gasteiger partial charge < -0.3 is 19.6 Å². The first-order chi connectivity index (χ1) is 11.1. The van der Waals surface area contributed by atoms with Crippen LogP contribution in [0.15, 0.2) is 57.7 Å². The Morgan fingerprint density at radius 3 is 2.61 bits per heavy atom. The Balaban J connectivity index is 2.27. The quantitative estimate of drug-likeness (QED) is 0.759. The normalized spacial score (nSPS) is 10.5. The van der Waals surface area contributed by atoms with Gasteiger partial charge in [0.1, 0.15) is 5.76 Å². The second-order valence-corrected chi connectivity index (χ2v) is 4.77. The number of amides is 1. The Kier molecular flexibility index (Phi) is 3.72. The van der Waals surface area contributed by atoms with Crippen LogP contribution in [0.25, 0.3) is 22.3 Å². The molecular formula is C17H13NO5. The first kappa shape index (κ1) is 14.6. The van der Waals surface area contributed by atoms with E-state index in [1.807, 2.05) is 18.2 Å². The van der Waals surface area contributed by atoms with Crippen LogP contribution in [0, 0.1) is 0 Å². The summed E-state index contributed by atoms with van der Waals surface area (Å²) in [5, 5.41) is 12.4. The van der Waals surface area contributed by atoms with Crippen LogP contribution in [-0.4, -0.2) is 18.2 Å². The van der Waals surface area contributed by atoms with Crippen molar-refractivity contribution in [2.75, 3.05) is 7.05 Å². The number of carbonyl (C=O) groups is 1. The highest BCUT2D eigenvalue weighted by atomic mass is 16.6. The van der Waals surface area contributed by atoms with Crippen LogP contribution in [0.3, 0.4) is 0 Å². The first-order valence-corrected chi connectivity index (χ1v) is 6.85. The van der Waals surface area contributed by atoms with Gasteiger partial charge in [-0.05, 0) is 12.1 Å². The van der Waals surface area contributed by atoms with E-state index in [4.69, 9.17) is 9.15 Å². The average Bonchev–Trinajstić information content (AvgIpc) is 2.58. The molecule has 0 saturated carbocycles. The fourth-order valence-electron chi connectivity index (χ4n) is 2.17. The minimum atomic E-state index is -0.777. The van der Waals surface area contributed by atoms with E-state index >= 15 is 0 Å². The molecule has 1 amide bonds. The zero-order valence-electron chi connectivity index (χ0n) is 12.2. The number of phenols is 1. The first-order valence-electron chi connectivity index (χ1n) is 6.85. The standard InChI is InChI=1S/C17H13NO5/c1-18-17(21)23-16-12(19)8-7-11-13(20)9-14(22-15(11)16)10-5-3-2-4-6-10/h2-9,19H,1H3,(H,18,21). The lowest BCUT2D eigenvalue weighted by Gasteiger charge is -2.09. The van der Waals surface area contributed by atoms with Crippen molar-refractivity contribution in [3.63, 3.8) is 0 Å². The molecule has 0 unspecified atom stereocenters. The Morgan fingerprint density at radius 1 is 1.17 bits per heavy atom. The summed E-state index contributed by atoms with van der Waals surface area (Å²) in [5.41, 5.74) is 0.410. The number of aromatic hydroxyl groups is 1. The van der Waals surface area contributed by atoms with Crippen LogP contribution < -0.4 is 15.5 Å². The van der Waals surface area contributed by atoms with Crippen molar-refractivity contribution >= 4 is 17.1 Å². The highest BCUT2D eigenvalue weighted by Gasteiger charge is 2.17. The molecule has 6 nitrogen and oxygen atoms in total. The third-order valence-corrected chi connectivity index (χ3v) is 3.29. The topological polar surface area (TPSA) is 88.8 Å². The lowest BCUT2D eigenvalue weighted by atomic mass is 10.1. The van der Waals surface area contributed by atoms with Crippen molar-refractivity contribution in [2.45, 2.75) is 0 Å². The molecule has 3 rings (SSSR count). The number of rotatable bonds is 2. The van der Waals surface area contributed by atoms with Crippen molar-refractivity contribution in [3.8, 4) is 22.8 Å². The largest absolute Gasteiger partial charge is 0.504 e. The Morgan fingerprint density at radius 2 is 1.91 bits per heavy atom. The summed E-state index contributed by atoms with van der Waals surface area (Å²) in [4.78, 5) is 23.7. The van der Waals surface area contributed by atoms with Crippen LogP contribution >= 0.6 is 0 Å². The number of phenolic OH excluding ortho intramolecular Hbond substituents is 1. The van der Waals surface area contributed by atoms with Gasteiger partial charge in [0.25, 0.3) is 0 Å². The highest BCUT2D eigenvalue weighted by Crippen LogP contribution is 2.35. The minimum Gasteiger partial charge on any atom is -0.504 e. The molecule has 1 aromatic heterocycles. The maximum atomic E-state index is 12.3. The number of fused-ring (bicyclic) bond motifs is 1. The summed E-state index contributed by atoms with van der Waals surface area (Å²) in [7, 11) is 1.39. The molecule has 0 aliphatic rings. The zero-order chi connectivity index (χ0) is 16.4. The van der Waals surface area contributed by atoms with Gasteiger partial charge >= 0.3 is 6.09 Å². The average molecular weight is 311 g/mol. The molecule has 0 radical (unpaired) electrons. The molecule has 0 aliphatic heterocycles. The molecule has 2 N–H and O–H groups in total. The second kappa shape index (κ2) is 5.84. The van der Waals surface area contributed by atoms with E-state index in [2.05, 4.69) is 5.32 Å². The molecule has 0 spiro atoms. The molecular weight excluding hydrogens is 298 g/mol. The van der Waals surface area contributed by atoms with Gasteiger partial charge in [-0.3, -0.25) is 4.79 Å². The number of nitrogens with one attached hydrogen (secondary N) is 1. The molecule has 0 atom stereocenters. The highest BCUT2D eigenvalue weighted by molar-refractivity contribution is 5.88. The molecule has 1 heterocycles. The molecule has 0 bridgehead atoms. The van der Waals surface area contributed by atoms with Gasteiger partial charge in [0.15, 0.2) is 16.8 Å². The van der Waals surface area contributed by atoms with Crippen LogP contribution in [0.4, 0.5) is 4.79 Å². The SMILES string of the molecule is CNC(=O)Oc1c(O)ccc2c(=O)cc(-c3ccccc3)oc12. The van der Waals surface area contributed by atoms with Crippen LogP contribution in [0.2, 0.25) is 0 Å². The van der Waals surface area contributed by atoms with Gasteiger partial charge in [0.2, 0.25) is 5.75 Å². The molecule has 23 heavy (non-hydrogen) atoms. The molecule has 6 heteroatoms. The van der Waals surface area contributed by atoms with Crippen LogP contribution in [-0.2, 0) is 0 Å². The van der Waals surface area contributed by atoms with E-state index in [0.717, 1.165) is 0 Å². The maximum Gasteiger partial charge on any atom is 0.412 e. The van der Waals surface area contributed by atoms with Crippen molar-refractivity contribution in [3.05, 3.63) is 58.8 Å². The third-order valence-electron chi connectivity index (χ3n) is 3.29. The molecule has 116 valence electrons. The lowest BCUT2D eigenvalue weighted by molar-refractivity contribution is 0.201. The van der Waals surface area contributed by atoms with Gasteiger partial charge in [-0.1, -0.05) is 30.3 Å². The fraction of sp³-hybridized carbons (Fsp3) is 0.0588. The molecule has 0 aliphatic carbocycles. The summed E-state index contributed by atoms with van der Waals surface area (Å²) in [6, 6.07) is 13.1. The predicted octanol–water partition coefficient (Wildman–Crippen LogP) is 2.88. The Hall–Kier alpha value is -3.28. The molecule has 0 fully saturated rings. The van der Waals surface area contributed by atoms with Crippen molar-refractivity contribution in [2.24, 2.45) is 0 Å². The predicted molar refractivity (Wildman–Crippen MR) is 84.7 cm³/mol. The van der Waals surface area contributed by atoms with Crippen molar-refractivity contribution < 1.29 is 19.1 Å². The summed E-state index contributed by atoms with van der Waals surface area (Å²) in [6.45, 7) is 0. The number of carbonyl (C=O) groups excluding carboxylic acids is 1. The maximum absolute atomic E-state index is 12.3. The number of benzene rings is 2. The van der Waals surface area contributed by atoms with E-state index in [1.165, 1.54) is 25.2 Å². The third kappa shape index (κ3) is 2.74. The van der Waals surface area contributed by atoms with E-state index in [-0.39, 0.29) is 27.9 Å². The van der Waals surface area contributed by atoms with Crippen molar-refractivity contribution in [1.29, 1.82) is 0 Å². The fourth-order valence-corrected chi connectivity index (χ4v) is 2.17. The van der Waals surface area contributed by atoms with Crippen molar-refractivity contribution in [1.82, 2.24) is 5.32 Å². The van der Waals surface area contributed by atoms with Crippen LogP contribution in [0.1, 0.15) is 0 Å². The zero-order valence-corrected chi connectivity index (χ0v) is 12.2. The molecule has 0 saturated heterocycles. The Bertz CT molecular complexity index is 931. The van der Waals surface area contributed by atoms with E-state index in [9.17, 15) is 14.7 Å². The van der Waals surface area contributed by atoms with Gasteiger partial charge in [-0.15, -0.1) is 0 Å². The lowest BCUT2D eigenvalue weighted by Crippen LogP contribution is -2.22. The van der Waals surface area contributed by atoms with Gasteiger partial charge in [0, 0.05) is 18.7 Å². The monoisotopic (exact) mass is 311 g/mol. The van der Waals surface area contributed by atoms with Gasteiger partial charge in [-0.2, -0.15) is 0 Å². The smallest absolute Gasteiger partial charge is 0.412 e. The summed E-state index contributed by atoms with van der Waals surface area (Å²) in [6.07, 6.45) is -0.777. The second-order valence-electron chi connectivity index (χ2n) is 4.77. The minimum absolute atomic E-state index is 0.0138.